The van der Waals surface area contributed by atoms with E-state index in [-0.39, 0.29) is 5.75 Å². The summed E-state index contributed by atoms with van der Waals surface area (Å²) in [7, 11) is 0. The van der Waals surface area contributed by atoms with Gasteiger partial charge in [-0.15, -0.1) is 11.3 Å². The number of anilines is 1. The van der Waals surface area contributed by atoms with Crippen LogP contribution in [0.1, 0.15) is 0 Å². The Hall–Kier alpha value is -2.87. The van der Waals surface area contributed by atoms with Crippen LogP contribution in [0.15, 0.2) is 48.1 Å². The van der Waals surface area contributed by atoms with Crippen LogP contribution in [-0.2, 0) is 4.79 Å². The van der Waals surface area contributed by atoms with E-state index in [1.165, 1.54) is 11.3 Å². The minimum atomic E-state index is -0.865. The number of thiazole rings is 1. The highest BCUT2D eigenvalue weighted by molar-refractivity contribution is 7.14. The molecule has 0 aliphatic carbocycles. The molecule has 1 aromatic carbocycles. The molecule has 3 rings (SSSR count). The zero-order valence-corrected chi connectivity index (χ0v) is 13.0. The van der Waals surface area contributed by atoms with E-state index in [0.717, 1.165) is 17.7 Å². The van der Waals surface area contributed by atoms with Gasteiger partial charge < -0.3 is 4.74 Å². The maximum absolute atomic E-state index is 13.4. The molecule has 0 spiro atoms. The van der Waals surface area contributed by atoms with Gasteiger partial charge in [0.25, 0.3) is 5.91 Å². The Labute approximate surface area is 140 Å². The van der Waals surface area contributed by atoms with E-state index in [9.17, 15) is 13.6 Å². The molecule has 24 heavy (non-hydrogen) atoms. The van der Waals surface area contributed by atoms with E-state index in [1.807, 2.05) is 6.07 Å². The maximum Gasteiger partial charge on any atom is 0.264 e. The Morgan fingerprint density at radius 2 is 2.17 bits per heavy atom. The summed E-state index contributed by atoms with van der Waals surface area (Å²) < 4.78 is 31.2. The molecule has 8 heteroatoms. The number of nitrogens with one attached hydrogen (secondary N) is 1. The van der Waals surface area contributed by atoms with Gasteiger partial charge in [0.1, 0.15) is 5.82 Å². The first-order valence-corrected chi connectivity index (χ1v) is 7.73. The lowest BCUT2D eigenvalue weighted by Gasteiger charge is -2.06. The molecule has 0 atom stereocenters. The van der Waals surface area contributed by atoms with E-state index in [1.54, 1.807) is 23.8 Å². The van der Waals surface area contributed by atoms with Gasteiger partial charge in [0, 0.05) is 29.4 Å². The fourth-order valence-corrected chi connectivity index (χ4v) is 2.60. The third-order valence-electron chi connectivity index (χ3n) is 2.96. The first-order chi connectivity index (χ1) is 11.6. The molecule has 1 amide bonds. The summed E-state index contributed by atoms with van der Waals surface area (Å²) in [6, 6.07) is 6.51. The highest BCUT2D eigenvalue weighted by Crippen LogP contribution is 2.24. The number of hydrogen-bond donors (Lipinski definition) is 1. The molecular formula is C16H11F2N3O2S. The van der Waals surface area contributed by atoms with Gasteiger partial charge in [-0.1, -0.05) is 0 Å². The van der Waals surface area contributed by atoms with E-state index >= 15 is 0 Å². The van der Waals surface area contributed by atoms with Gasteiger partial charge in [0.05, 0.1) is 5.69 Å². The van der Waals surface area contributed by atoms with Crippen molar-refractivity contribution in [2.45, 2.75) is 0 Å². The van der Waals surface area contributed by atoms with Gasteiger partial charge in [0.2, 0.25) is 0 Å². The Kier molecular flexibility index (Phi) is 4.76. The van der Waals surface area contributed by atoms with Crippen molar-refractivity contribution in [3.8, 4) is 17.0 Å². The van der Waals surface area contributed by atoms with Crippen molar-refractivity contribution in [3.63, 3.8) is 0 Å². The average molecular weight is 347 g/mol. The van der Waals surface area contributed by atoms with Crippen LogP contribution < -0.4 is 10.1 Å². The van der Waals surface area contributed by atoms with Crippen molar-refractivity contribution >= 4 is 22.4 Å². The molecule has 2 aromatic heterocycles. The fraction of sp³-hybridized carbons (Fsp3) is 0.0625. The van der Waals surface area contributed by atoms with Crippen molar-refractivity contribution in [3.05, 3.63) is 59.7 Å². The molecule has 5 nitrogen and oxygen atoms in total. The summed E-state index contributed by atoms with van der Waals surface area (Å²) in [5.74, 6) is -2.27. The Bertz CT molecular complexity index is 856. The lowest BCUT2D eigenvalue weighted by molar-refractivity contribution is -0.118. The fourth-order valence-electron chi connectivity index (χ4n) is 1.87. The Morgan fingerprint density at radius 3 is 2.92 bits per heavy atom. The van der Waals surface area contributed by atoms with Crippen molar-refractivity contribution in [2.24, 2.45) is 0 Å². The van der Waals surface area contributed by atoms with Crippen molar-refractivity contribution in [1.82, 2.24) is 9.97 Å². The second kappa shape index (κ2) is 7.14. The van der Waals surface area contributed by atoms with E-state index in [4.69, 9.17) is 4.74 Å². The predicted octanol–water partition coefficient (Wildman–Crippen LogP) is 3.50. The molecule has 0 saturated carbocycles. The lowest BCUT2D eigenvalue weighted by atomic mass is 10.2. The van der Waals surface area contributed by atoms with Gasteiger partial charge in [0.15, 0.2) is 23.3 Å². The molecule has 0 unspecified atom stereocenters. The zero-order valence-electron chi connectivity index (χ0n) is 12.2. The number of hydrogen-bond acceptors (Lipinski definition) is 5. The summed E-state index contributed by atoms with van der Waals surface area (Å²) in [6.07, 6.45) is 3.32. The van der Waals surface area contributed by atoms with Crippen LogP contribution in [0.5, 0.6) is 5.75 Å². The largest absolute Gasteiger partial charge is 0.481 e. The molecule has 0 radical (unpaired) electrons. The van der Waals surface area contributed by atoms with E-state index in [0.29, 0.717) is 16.9 Å². The highest BCUT2D eigenvalue weighted by Gasteiger charge is 2.11. The standard InChI is InChI=1S/C16H11F2N3O2S/c17-11-3-4-14(12(18)6-11)23-8-15(22)21-16-20-13(9-24-16)10-2-1-5-19-7-10/h1-7,9H,8H2,(H,20,21,22). The molecule has 122 valence electrons. The minimum absolute atomic E-state index is 0.193. The molecule has 0 bridgehead atoms. The number of halogens is 2. The monoisotopic (exact) mass is 347 g/mol. The van der Waals surface area contributed by atoms with Crippen LogP contribution >= 0.6 is 11.3 Å². The number of ether oxygens (including phenoxy) is 1. The molecule has 0 saturated heterocycles. The van der Waals surface area contributed by atoms with Gasteiger partial charge in [-0.3, -0.25) is 15.1 Å². The first-order valence-electron chi connectivity index (χ1n) is 6.85. The number of aromatic nitrogens is 2. The van der Waals surface area contributed by atoms with Crippen molar-refractivity contribution in [2.75, 3.05) is 11.9 Å². The number of pyridine rings is 1. The second-order valence-electron chi connectivity index (χ2n) is 4.69. The van der Waals surface area contributed by atoms with E-state index in [2.05, 4.69) is 15.3 Å². The quantitative estimate of drug-likeness (QED) is 0.767. The normalized spacial score (nSPS) is 10.4. The Balaban J connectivity index is 1.58. The topological polar surface area (TPSA) is 64.1 Å². The summed E-state index contributed by atoms with van der Waals surface area (Å²) in [5, 5.41) is 4.74. The first kappa shape index (κ1) is 16.0. The smallest absolute Gasteiger partial charge is 0.264 e. The van der Waals surface area contributed by atoms with Crippen LogP contribution in [0.25, 0.3) is 11.3 Å². The average Bonchev–Trinajstić information content (AvgIpc) is 3.03. The SMILES string of the molecule is O=C(COc1ccc(F)cc1F)Nc1nc(-c2cccnc2)cs1. The third kappa shape index (κ3) is 3.90. The van der Waals surface area contributed by atoms with Crippen molar-refractivity contribution < 1.29 is 18.3 Å². The predicted molar refractivity (Wildman–Crippen MR) is 85.8 cm³/mol. The number of rotatable bonds is 5. The van der Waals surface area contributed by atoms with E-state index < -0.39 is 24.1 Å². The summed E-state index contributed by atoms with van der Waals surface area (Å²) in [6.45, 7) is -0.412. The number of carbonyl (C=O) groups excluding carboxylic acids is 1. The van der Waals surface area contributed by atoms with Crippen molar-refractivity contribution in [1.29, 1.82) is 0 Å². The van der Waals surface area contributed by atoms with Crippen LogP contribution in [-0.4, -0.2) is 22.5 Å². The number of amides is 1. The van der Waals surface area contributed by atoms with Crippen LogP contribution in [0.4, 0.5) is 13.9 Å². The van der Waals surface area contributed by atoms with Crippen LogP contribution in [0.2, 0.25) is 0 Å². The minimum Gasteiger partial charge on any atom is -0.481 e. The molecular weight excluding hydrogens is 336 g/mol. The highest BCUT2D eigenvalue weighted by atomic mass is 32.1. The Morgan fingerprint density at radius 1 is 1.29 bits per heavy atom. The van der Waals surface area contributed by atoms with Crippen LogP contribution in [0.3, 0.4) is 0 Å². The number of carbonyl (C=O) groups is 1. The number of benzene rings is 1. The van der Waals surface area contributed by atoms with Gasteiger partial charge in [-0.2, -0.15) is 0 Å². The van der Waals surface area contributed by atoms with Crippen LogP contribution in [0, 0.1) is 11.6 Å². The molecule has 0 aliphatic rings. The number of nitrogens with zero attached hydrogens (tertiary/aromatic N) is 2. The van der Waals surface area contributed by atoms with Gasteiger partial charge >= 0.3 is 0 Å². The zero-order chi connectivity index (χ0) is 16.9. The summed E-state index contributed by atoms with van der Waals surface area (Å²) in [4.78, 5) is 20.1. The summed E-state index contributed by atoms with van der Waals surface area (Å²) >= 11 is 1.25. The molecule has 0 aliphatic heterocycles. The molecule has 0 fully saturated rings. The molecule has 3 aromatic rings. The third-order valence-corrected chi connectivity index (χ3v) is 3.72. The molecule has 2 heterocycles. The second-order valence-corrected chi connectivity index (χ2v) is 5.55. The molecule has 1 N–H and O–H groups in total. The maximum atomic E-state index is 13.4. The van der Waals surface area contributed by atoms with Gasteiger partial charge in [-0.25, -0.2) is 13.8 Å². The summed E-state index contributed by atoms with van der Waals surface area (Å²) in [5.41, 5.74) is 1.52. The lowest BCUT2D eigenvalue weighted by Crippen LogP contribution is -2.20. The van der Waals surface area contributed by atoms with Gasteiger partial charge in [-0.05, 0) is 24.3 Å².